The Morgan fingerprint density at radius 3 is 2.37 bits per heavy atom. The van der Waals surface area contributed by atoms with Crippen molar-refractivity contribution in [1.29, 1.82) is 0 Å². The van der Waals surface area contributed by atoms with Crippen molar-refractivity contribution in [3.8, 4) is 5.75 Å². The maximum atomic E-state index is 13.1. The third kappa shape index (κ3) is 8.30. The van der Waals surface area contributed by atoms with Crippen LogP contribution in [0.25, 0.3) is 0 Å². The minimum atomic E-state index is -5.19. The van der Waals surface area contributed by atoms with Gasteiger partial charge in [0.25, 0.3) is 0 Å². The van der Waals surface area contributed by atoms with Crippen LogP contribution in [0.1, 0.15) is 51.5 Å². The van der Waals surface area contributed by atoms with E-state index in [1.165, 1.54) is 0 Å². The van der Waals surface area contributed by atoms with Gasteiger partial charge in [0.2, 0.25) is 11.8 Å². The number of carbonyl (C=O) groups excluding carboxylic acids is 3. The average Bonchev–Trinajstić information content (AvgIpc) is 3.46. The first-order valence-electron chi connectivity index (χ1n) is 12.7. The first-order valence-corrected chi connectivity index (χ1v) is 14.1. The molecule has 1 aliphatic heterocycles. The van der Waals surface area contributed by atoms with Crippen LogP contribution in [0, 0.1) is 11.8 Å². The number of nitrogens with one attached hydrogen (secondary N) is 3. The van der Waals surface area contributed by atoms with Crippen LogP contribution < -0.4 is 20.7 Å². The minimum absolute atomic E-state index is 0.0486. The van der Waals surface area contributed by atoms with E-state index in [1.807, 2.05) is 38.1 Å². The van der Waals surface area contributed by atoms with Crippen molar-refractivity contribution < 1.29 is 41.9 Å². The number of rotatable bonds is 13. The largest absolute Gasteiger partial charge is 0.746 e. The molecule has 4 N–H and O–H groups in total. The number of amides is 3. The molecule has 1 saturated carbocycles. The van der Waals surface area contributed by atoms with Gasteiger partial charge in [-0.25, -0.2) is 13.2 Å². The molecule has 0 bridgehead atoms. The second kappa shape index (κ2) is 12.3. The molecule has 3 amide bonds. The number of ether oxygens (including phenoxy) is 2. The van der Waals surface area contributed by atoms with E-state index < -0.39 is 51.2 Å². The molecule has 0 spiro atoms. The number of methoxy groups -OCH3 is 1. The second-order valence-corrected chi connectivity index (χ2v) is 11.9. The smallest absolute Gasteiger partial charge is 0.408 e. The molecular weight excluding hydrogens is 518 g/mol. The molecule has 2 aliphatic rings. The van der Waals surface area contributed by atoms with E-state index >= 15 is 0 Å². The van der Waals surface area contributed by atoms with Gasteiger partial charge < -0.3 is 35.1 Å². The summed E-state index contributed by atoms with van der Waals surface area (Å²) in [6, 6.07) is 4.75. The molecule has 13 heteroatoms. The molecule has 4 atom stereocenters. The summed E-state index contributed by atoms with van der Waals surface area (Å²) in [4.78, 5) is 37.9. The zero-order valence-electron chi connectivity index (χ0n) is 21.8. The number of aliphatic hydroxyl groups excluding tert-OH is 1. The van der Waals surface area contributed by atoms with E-state index in [-0.39, 0.29) is 24.7 Å². The molecule has 212 valence electrons. The van der Waals surface area contributed by atoms with Gasteiger partial charge in [0.05, 0.1) is 13.2 Å². The van der Waals surface area contributed by atoms with Crippen LogP contribution in [-0.4, -0.2) is 72.8 Å². The predicted molar refractivity (Wildman–Crippen MR) is 135 cm³/mol. The Morgan fingerprint density at radius 2 is 1.87 bits per heavy atom. The van der Waals surface area contributed by atoms with Crippen molar-refractivity contribution in [2.75, 3.05) is 13.7 Å². The van der Waals surface area contributed by atoms with E-state index in [1.54, 1.807) is 7.11 Å². The molecule has 1 aromatic rings. The fourth-order valence-corrected chi connectivity index (χ4v) is 5.13. The molecule has 3 rings (SSSR count). The van der Waals surface area contributed by atoms with Gasteiger partial charge in [-0.1, -0.05) is 26.0 Å². The SMILES string of the molecule is COc1ccc(CC2(OC(=O)N[C@@H](CC(C)C)C(=O)N[C@@H](C[C@@H]3CCNC3=O)C(O)S(=O)(=O)[O-])CC2)cc1. The highest BCUT2D eigenvalue weighted by atomic mass is 32.2. The van der Waals surface area contributed by atoms with Crippen LogP contribution in [-0.2, 0) is 30.9 Å². The highest BCUT2D eigenvalue weighted by Gasteiger charge is 2.47. The molecule has 1 heterocycles. The van der Waals surface area contributed by atoms with Crippen LogP contribution in [0.5, 0.6) is 5.75 Å². The molecule has 0 radical (unpaired) electrons. The summed E-state index contributed by atoms with van der Waals surface area (Å²) in [5, 5.41) is 17.7. The van der Waals surface area contributed by atoms with E-state index in [9.17, 15) is 32.5 Å². The number of hydrogen-bond donors (Lipinski definition) is 4. The molecule has 12 nitrogen and oxygen atoms in total. The van der Waals surface area contributed by atoms with Crippen molar-refractivity contribution in [3.63, 3.8) is 0 Å². The lowest BCUT2D eigenvalue weighted by molar-refractivity contribution is -0.126. The molecule has 2 fully saturated rings. The monoisotopic (exact) mass is 554 g/mol. The van der Waals surface area contributed by atoms with E-state index in [0.29, 0.717) is 38.0 Å². The number of hydrogen-bond acceptors (Lipinski definition) is 9. The number of aliphatic hydroxyl groups is 1. The van der Waals surface area contributed by atoms with Crippen molar-refractivity contribution in [2.24, 2.45) is 11.8 Å². The van der Waals surface area contributed by atoms with Crippen LogP contribution in [0.3, 0.4) is 0 Å². The van der Waals surface area contributed by atoms with Gasteiger partial charge in [-0.2, -0.15) is 0 Å². The van der Waals surface area contributed by atoms with Gasteiger partial charge in [-0.05, 0) is 55.7 Å². The van der Waals surface area contributed by atoms with Crippen molar-refractivity contribution in [2.45, 2.75) is 75.5 Å². The van der Waals surface area contributed by atoms with E-state index in [4.69, 9.17) is 9.47 Å². The van der Waals surface area contributed by atoms with Crippen LogP contribution >= 0.6 is 0 Å². The third-order valence-electron chi connectivity index (χ3n) is 6.79. The summed E-state index contributed by atoms with van der Waals surface area (Å²) in [5.41, 5.74) is -2.19. The maximum absolute atomic E-state index is 13.1. The quantitative estimate of drug-likeness (QED) is 0.256. The fourth-order valence-electron chi connectivity index (χ4n) is 4.55. The third-order valence-corrected chi connectivity index (χ3v) is 7.71. The van der Waals surface area contributed by atoms with Gasteiger partial charge in [-0.3, -0.25) is 9.59 Å². The van der Waals surface area contributed by atoms with E-state index in [2.05, 4.69) is 16.0 Å². The standard InChI is InChI=1S/C25H37N3O9S/c1-15(2)12-19(22(30)27-20(23(31)38(33,34)35)13-17-8-11-26-21(17)29)28-24(32)37-25(9-10-25)14-16-4-6-18(36-3)7-5-16/h4-7,15,17,19-20,23,31H,8-14H2,1-3H3,(H,26,29)(H,27,30)(H,28,32)(H,33,34,35)/p-1/t17-,19-,20-,23?/m0/s1. The van der Waals surface area contributed by atoms with E-state index in [0.717, 1.165) is 5.56 Å². The Hall–Kier alpha value is -2.90. The number of alkyl carbamates (subject to hydrolysis) is 1. The van der Waals surface area contributed by atoms with Gasteiger partial charge in [-0.15, -0.1) is 0 Å². The predicted octanol–water partition coefficient (Wildman–Crippen LogP) is 0.786. The topological polar surface area (TPSA) is 183 Å². The zero-order chi connectivity index (χ0) is 28.1. The normalized spacial score (nSPS) is 20.7. The lowest BCUT2D eigenvalue weighted by Gasteiger charge is -2.30. The van der Waals surface area contributed by atoms with Crippen LogP contribution in [0.2, 0.25) is 0 Å². The first kappa shape index (κ1) is 29.7. The summed E-state index contributed by atoms with van der Waals surface area (Å²) in [6.07, 6.45) is 1.31. The highest BCUT2D eigenvalue weighted by molar-refractivity contribution is 7.86. The molecule has 1 saturated heterocycles. The molecular formula is C25H36N3O9S-. The zero-order valence-corrected chi connectivity index (χ0v) is 22.6. The highest BCUT2D eigenvalue weighted by Crippen LogP contribution is 2.42. The second-order valence-electron chi connectivity index (χ2n) is 10.4. The Balaban J connectivity index is 1.66. The molecule has 1 aliphatic carbocycles. The minimum Gasteiger partial charge on any atom is -0.746 e. The van der Waals surface area contributed by atoms with Crippen LogP contribution in [0.4, 0.5) is 4.79 Å². The Bertz CT molecular complexity index is 1100. The Kier molecular flexibility index (Phi) is 9.60. The molecule has 0 aromatic heterocycles. The van der Waals surface area contributed by atoms with Crippen molar-refractivity contribution in [3.05, 3.63) is 29.8 Å². The average molecular weight is 555 g/mol. The molecule has 1 aromatic carbocycles. The van der Waals surface area contributed by atoms with Gasteiger partial charge in [0.15, 0.2) is 5.44 Å². The summed E-state index contributed by atoms with van der Waals surface area (Å²) in [6.45, 7) is 4.03. The lowest BCUT2D eigenvalue weighted by Crippen LogP contribution is -2.55. The Labute approximate surface area is 222 Å². The fraction of sp³-hybridized carbons (Fsp3) is 0.640. The maximum Gasteiger partial charge on any atom is 0.408 e. The lowest BCUT2D eigenvalue weighted by atomic mass is 9.97. The molecule has 1 unspecified atom stereocenters. The van der Waals surface area contributed by atoms with Crippen molar-refractivity contribution in [1.82, 2.24) is 16.0 Å². The van der Waals surface area contributed by atoms with Gasteiger partial charge in [0.1, 0.15) is 27.5 Å². The summed E-state index contributed by atoms with van der Waals surface area (Å²) < 4.78 is 45.4. The summed E-state index contributed by atoms with van der Waals surface area (Å²) in [7, 11) is -3.62. The molecule has 38 heavy (non-hydrogen) atoms. The number of benzene rings is 1. The summed E-state index contributed by atoms with van der Waals surface area (Å²) in [5.74, 6) is -1.16. The first-order chi connectivity index (χ1) is 17.8. The van der Waals surface area contributed by atoms with Gasteiger partial charge in [0, 0.05) is 18.9 Å². The Morgan fingerprint density at radius 1 is 1.21 bits per heavy atom. The van der Waals surface area contributed by atoms with Crippen molar-refractivity contribution >= 4 is 28.0 Å². The summed E-state index contributed by atoms with van der Waals surface area (Å²) >= 11 is 0. The van der Waals surface area contributed by atoms with Gasteiger partial charge >= 0.3 is 6.09 Å². The van der Waals surface area contributed by atoms with Crippen LogP contribution in [0.15, 0.2) is 24.3 Å². The number of carbonyl (C=O) groups is 3.